The number of carbonyl (C=O) groups excluding carboxylic acids is 1. The van der Waals surface area contributed by atoms with Gasteiger partial charge in [0.15, 0.2) is 15.0 Å². The lowest BCUT2D eigenvalue weighted by atomic mass is 10.1. The summed E-state index contributed by atoms with van der Waals surface area (Å²) in [6.07, 6.45) is 0.547. The summed E-state index contributed by atoms with van der Waals surface area (Å²) in [6.45, 7) is 0.396. The molecule has 2 aromatic rings. The van der Waals surface area contributed by atoms with Crippen LogP contribution in [0.3, 0.4) is 0 Å². The van der Waals surface area contributed by atoms with Crippen LogP contribution in [0, 0.1) is 0 Å². The Labute approximate surface area is 190 Å². The smallest absolute Gasteiger partial charge is 0.251 e. The number of aliphatic imine (C=N–C) groups is 1. The molecular weight excluding hydrogens is 472 g/mol. The number of nitrogens with two attached hydrogens (primary N) is 1. The molecule has 2 aliphatic rings. The molecule has 1 amide bonds. The van der Waals surface area contributed by atoms with Crippen molar-refractivity contribution in [2.45, 2.75) is 22.6 Å². The minimum Gasteiger partial charge on any atom is -0.352 e. The van der Waals surface area contributed by atoms with Crippen molar-refractivity contribution in [3.8, 4) is 0 Å². The maximum Gasteiger partial charge on any atom is 0.251 e. The molecule has 0 aliphatic carbocycles. The van der Waals surface area contributed by atoms with Crippen molar-refractivity contribution in [1.82, 2.24) is 5.32 Å². The number of fused-ring (bicyclic) bond motifs is 1. The van der Waals surface area contributed by atoms with Crippen LogP contribution in [-0.2, 0) is 26.3 Å². The third-order valence-electron chi connectivity index (χ3n) is 5.17. The quantitative estimate of drug-likeness (QED) is 0.542. The molecule has 4 rings (SSSR count). The zero-order valence-corrected chi connectivity index (χ0v) is 19.3. The van der Waals surface area contributed by atoms with E-state index in [9.17, 15) is 21.6 Å². The summed E-state index contributed by atoms with van der Waals surface area (Å²) < 4.78 is 45.9. The summed E-state index contributed by atoms with van der Waals surface area (Å²) in [4.78, 5) is 16.9. The fourth-order valence-corrected chi connectivity index (χ4v) is 7.70. The number of nitrogens with one attached hydrogen (secondary N) is 2. The van der Waals surface area contributed by atoms with Gasteiger partial charge in [0.2, 0.25) is 10.0 Å². The first kappa shape index (κ1) is 22.8. The second-order valence-corrected chi connectivity index (χ2v) is 12.6. The normalized spacial score (nSPS) is 21.6. The Bertz CT molecular complexity index is 1260. The molecule has 0 radical (unpaired) electrons. The van der Waals surface area contributed by atoms with Crippen LogP contribution >= 0.6 is 11.8 Å². The molecule has 0 bridgehead atoms. The number of amides is 1. The maximum absolute atomic E-state index is 12.4. The summed E-state index contributed by atoms with van der Waals surface area (Å²) in [5.41, 5.74) is 2.15. The van der Waals surface area contributed by atoms with E-state index in [0.717, 1.165) is 11.3 Å². The zero-order valence-electron chi connectivity index (χ0n) is 16.9. The van der Waals surface area contributed by atoms with Crippen molar-refractivity contribution in [3.63, 3.8) is 0 Å². The first-order valence-corrected chi connectivity index (χ1v) is 14.1. The van der Waals surface area contributed by atoms with E-state index in [1.807, 2.05) is 0 Å². The highest BCUT2D eigenvalue weighted by Gasteiger charge is 2.42. The summed E-state index contributed by atoms with van der Waals surface area (Å²) >= 11 is 1.44. The van der Waals surface area contributed by atoms with Crippen LogP contribution in [0.15, 0.2) is 58.4 Å². The molecule has 2 heterocycles. The number of anilines is 1. The van der Waals surface area contributed by atoms with Gasteiger partial charge in [0.1, 0.15) is 0 Å². The highest BCUT2D eigenvalue weighted by molar-refractivity contribution is 8.15. The van der Waals surface area contributed by atoms with Gasteiger partial charge in [-0.2, -0.15) is 0 Å². The number of thioether (sulfide) groups is 1. The summed E-state index contributed by atoms with van der Waals surface area (Å²) in [6, 6.07) is 13.0. The van der Waals surface area contributed by atoms with Crippen LogP contribution in [-0.4, -0.2) is 57.3 Å². The molecule has 9 nitrogen and oxygen atoms in total. The number of sulfone groups is 1. The number of sulfonamides is 1. The van der Waals surface area contributed by atoms with Gasteiger partial charge in [0.25, 0.3) is 5.91 Å². The molecular formula is C20H22N4O5S3. The fraction of sp³-hybridized carbons (Fsp3) is 0.300. The molecule has 1 saturated heterocycles. The van der Waals surface area contributed by atoms with Gasteiger partial charge in [-0.1, -0.05) is 23.9 Å². The molecule has 170 valence electrons. The minimum atomic E-state index is -3.72. The van der Waals surface area contributed by atoms with Crippen molar-refractivity contribution < 1.29 is 21.6 Å². The average Bonchev–Trinajstić information content (AvgIpc) is 3.20. The molecule has 0 spiro atoms. The van der Waals surface area contributed by atoms with Gasteiger partial charge in [0.05, 0.1) is 22.4 Å². The van der Waals surface area contributed by atoms with Gasteiger partial charge < -0.3 is 10.6 Å². The van der Waals surface area contributed by atoms with Crippen molar-refractivity contribution in [1.29, 1.82) is 0 Å². The molecule has 2 aromatic carbocycles. The zero-order chi connectivity index (χ0) is 22.9. The Morgan fingerprint density at radius 2 is 1.78 bits per heavy atom. The number of hydrogen-bond acceptors (Lipinski definition) is 8. The molecule has 2 aliphatic heterocycles. The average molecular weight is 495 g/mol. The van der Waals surface area contributed by atoms with Crippen LogP contribution < -0.4 is 15.8 Å². The lowest BCUT2D eigenvalue weighted by Gasteiger charge is -2.09. The molecule has 0 unspecified atom stereocenters. The number of amidine groups is 1. The highest BCUT2D eigenvalue weighted by Crippen LogP contribution is 2.34. The topological polar surface area (TPSA) is 148 Å². The molecule has 0 aromatic heterocycles. The van der Waals surface area contributed by atoms with E-state index in [-0.39, 0.29) is 33.6 Å². The number of rotatable bonds is 6. The predicted octanol–water partition coefficient (Wildman–Crippen LogP) is 0.987. The van der Waals surface area contributed by atoms with Crippen LogP contribution in [0.25, 0.3) is 0 Å². The lowest BCUT2D eigenvalue weighted by Crippen LogP contribution is -2.25. The van der Waals surface area contributed by atoms with Gasteiger partial charge in [-0.3, -0.25) is 9.79 Å². The van der Waals surface area contributed by atoms with Crippen LogP contribution in [0.1, 0.15) is 15.9 Å². The molecule has 0 saturated carbocycles. The van der Waals surface area contributed by atoms with E-state index in [4.69, 9.17) is 5.14 Å². The molecule has 1 fully saturated rings. The number of nitrogens with zero attached hydrogens (tertiary/aromatic N) is 1. The summed E-state index contributed by atoms with van der Waals surface area (Å²) in [7, 11) is -6.70. The number of benzene rings is 2. The third kappa shape index (κ3) is 5.49. The monoisotopic (exact) mass is 494 g/mol. The number of carbonyl (C=O) groups is 1. The third-order valence-corrected chi connectivity index (χ3v) is 9.24. The SMILES string of the molecule is NS(=O)(=O)c1ccc(CCNC(=O)c2ccc(NC3=N[C@@H]4CS(=O)(=O)C[C@@H]4S3)cc2)cc1. The van der Waals surface area contributed by atoms with Crippen LogP contribution in [0.2, 0.25) is 0 Å². The van der Waals surface area contributed by atoms with E-state index >= 15 is 0 Å². The van der Waals surface area contributed by atoms with Crippen LogP contribution in [0.4, 0.5) is 5.69 Å². The first-order chi connectivity index (χ1) is 15.1. The maximum atomic E-state index is 12.4. The Balaban J connectivity index is 1.26. The second kappa shape index (κ2) is 8.85. The lowest BCUT2D eigenvalue weighted by molar-refractivity contribution is 0.0954. The predicted molar refractivity (Wildman–Crippen MR) is 125 cm³/mol. The number of primary sulfonamides is 1. The summed E-state index contributed by atoms with van der Waals surface area (Å²) in [5, 5.41) is 11.8. The molecule has 12 heteroatoms. The minimum absolute atomic E-state index is 0.0246. The van der Waals surface area contributed by atoms with Gasteiger partial charge in [-0.05, 0) is 48.4 Å². The number of hydrogen-bond donors (Lipinski definition) is 3. The first-order valence-electron chi connectivity index (χ1n) is 9.81. The molecule has 32 heavy (non-hydrogen) atoms. The van der Waals surface area contributed by atoms with Gasteiger partial charge >= 0.3 is 0 Å². The standard InChI is InChI=1S/C20H22N4O5S3/c21-32(28,29)16-7-1-13(2-8-16)9-10-22-19(25)14-3-5-15(6-4-14)23-20-24-17-11-31(26,27)12-18(17)30-20/h1-8,17-18H,9-12H2,(H,22,25)(H,23,24)(H2,21,28,29)/t17-,18+/m1/s1. The van der Waals surface area contributed by atoms with Crippen molar-refractivity contribution in [3.05, 3.63) is 59.7 Å². The van der Waals surface area contributed by atoms with Crippen molar-refractivity contribution in [2.24, 2.45) is 10.1 Å². The highest BCUT2D eigenvalue weighted by atomic mass is 32.2. The van der Waals surface area contributed by atoms with E-state index in [1.165, 1.54) is 23.9 Å². The van der Waals surface area contributed by atoms with Gasteiger partial charge in [-0.25, -0.2) is 22.0 Å². The molecule has 4 N–H and O–H groups in total. The van der Waals surface area contributed by atoms with Gasteiger partial charge in [-0.15, -0.1) is 0 Å². The van der Waals surface area contributed by atoms with Crippen molar-refractivity contribution >= 4 is 48.4 Å². The molecule has 2 atom stereocenters. The van der Waals surface area contributed by atoms with Crippen LogP contribution in [0.5, 0.6) is 0 Å². The summed E-state index contributed by atoms with van der Waals surface area (Å²) in [5.74, 6) is 0.0439. The Kier molecular flexibility index (Phi) is 6.30. The van der Waals surface area contributed by atoms with Crippen molar-refractivity contribution in [2.75, 3.05) is 23.4 Å². The largest absolute Gasteiger partial charge is 0.352 e. The van der Waals surface area contributed by atoms with E-state index in [0.29, 0.717) is 23.7 Å². The fourth-order valence-electron chi connectivity index (χ4n) is 3.51. The second-order valence-electron chi connectivity index (χ2n) is 7.63. The van der Waals surface area contributed by atoms with E-state index < -0.39 is 19.9 Å². The Morgan fingerprint density at radius 3 is 2.41 bits per heavy atom. The van der Waals surface area contributed by atoms with E-state index in [2.05, 4.69) is 15.6 Å². The Hall–Kier alpha value is -2.41. The Morgan fingerprint density at radius 1 is 1.09 bits per heavy atom. The van der Waals surface area contributed by atoms with E-state index in [1.54, 1.807) is 36.4 Å². The van der Waals surface area contributed by atoms with Gasteiger partial charge in [0, 0.05) is 23.0 Å².